The Balaban J connectivity index is 1.30. The molecule has 2 saturated heterocycles. The molecule has 0 amide bonds. The normalized spacial score (nSPS) is 19.1. The molecule has 234 valence electrons. The molecule has 4 aromatic carbocycles. The monoisotopic (exact) mass is 600 g/mol. The van der Waals surface area contributed by atoms with Crippen molar-refractivity contribution in [3.05, 3.63) is 72.8 Å². The van der Waals surface area contributed by atoms with E-state index in [-0.39, 0.29) is 0 Å². The lowest BCUT2D eigenvalue weighted by molar-refractivity contribution is 0.0126. The lowest BCUT2D eigenvalue weighted by Gasteiger charge is -2.27. The molecule has 0 aromatic heterocycles. The van der Waals surface area contributed by atoms with Crippen LogP contribution in [0.4, 0.5) is 11.4 Å². The van der Waals surface area contributed by atoms with Crippen LogP contribution in [0.2, 0.25) is 0 Å². The lowest BCUT2D eigenvalue weighted by Crippen LogP contribution is -2.32. The van der Waals surface area contributed by atoms with Crippen LogP contribution in [0.25, 0.3) is 32.7 Å². The number of hydrogen-bond acceptors (Lipinski definition) is 8. The van der Waals surface area contributed by atoms with Crippen molar-refractivity contribution in [3.8, 4) is 11.1 Å². The van der Waals surface area contributed by atoms with Gasteiger partial charge in [0.25, 0.3) is 0 Å². The molecule has 0 unspecified atom stereocenters. The van der Waals surface area contributed by atoms with Gasteiger partial charge in [-0.2, -0.15) is 0 Å². The molecule has 0 aliphatic carbocycles. The van der Waals surface area contributed by atoms with Gasteiger partial charge in [0.1, 0.15) is 0 Å². The molecule has 8 nitrogen and oxygen atoms in total. The minimum absolute atomic E-state index is 0.600. The fraction of sp³-hybridized carbons (Fsp3) is 0.444. The quantitative estimate of drug-likeness (QED) is 0.310. The van der Waals surface area contributed by atoms with Crippen molar-refractivity contribution in [1.82, 2.24) is 0 Å². The molecule has 0 bridgehead atoms. The zero-order valence-electron chi connectivity index (χ0n) is 25.6. The van der Waals surface area contributed by atoms with Crippen molar-refractivity contribution < 1.29 is 28.4 Å². The van der Waals surface area contributed by atoms with Gasteiger partial charge >= 0.3 is 0 Å². The van der Waals surface area contributed by atoms with E-state index >= 15 is 0 Å². The van der Waals surface area contributed by atoms with E-state index in [4.69, 9.17) is 28.4 Å². The first-order valence-electron chi connectivity index (χ1n) is 15.9. The molecule has 2 aliphatic rings. The van der Waals surface area contributed by atoms with Crippen LogP contribution in [0.15, 0.2) is 72.8 Å². The van der Waals surface area contributed by atoms with Crippen LogP contribution >= 0.6 is 0 Å². The third kappa shape index (κ3) is 8.07. The Kier molecular flexibility index (Phi) is 11.3. The number of ether oxygens (including phenoxy) is 6. The summed E-state index contributed by atoms with van der Waals surface area (Å²) in [5.41, 5.74) is 4.80. The van der Waals surface area contributed by atoms with Crippen molar-refractivity contribution in [2.75, 3.05) is 115 Å². The molecule has 4 aromatic rings. The summed E-state index contributed by atoms with van der Waals surface area (Å²) in [6, 6.07) is 26.7. The van der Waals surface area contributed by atoms with Crippen LogP contribution in [0.1, 0.15) is 0 Å². The van der Waals surface area contributed by atoms with Gasteiger partial charge in [-0.25, -0.2) is 0 Å². The van der Waals surface area contributed by atoms with Crippen LogP contribution in [0, 0.1) is 0 Å². The van der Waals surface area contributed by atoms with Gasteiger partial charge in [0.15, 0.2) is 0 Å². The zero-order valence-corrected chi connectivity index (χ0v) is 25.6. The number of nitrogens with zero attached hydrogens (tertiary/aromatic N) is 2. The molecule has 6 rings (SSSR count). The number of hydrogen-bond donors (Lipinski definition) is 0. The summed E-state index contributed by atoms with van der Waals surface area (Å²) in [5.74, 6) is 0. The van der Waals surface area contributed by atoms with Crippen LogP contribution in [-0.2, 0) is 28.4 Å². The summed E-state index contributed by atoms with van der Waals surface area (Å²) in [6.07, 6.45) is 0. The van der Waals surface area contributed by atoms with Gasteiger partial charge in [-0.1, -0.05) is 48.5 Å². The van der Waals surface area contributed by atoms with Crippen LogP contribution < -0.4 is 9.80 Å². The first-order chi connectivity index (χ1) is 21.9. The third-order valence-corrected chi connectivity index (χ3v) is 8.24. The van der Waals surface area contributed by atoms with Gasteiger partial charge in [0.05, 0.1) is 79.3 Å². The minimum Gasteiger partial charge on any atom is -0.377 e. The SMILES string of the molecule is c1cc(N2CCOCCOCCOCC2)c2cc(-c3ccc4cccc(N5CCOCCOCCOCC5)c4c3)ccc2c1. The molecular formula is C36H44N2O6. The van der Waals surface area contributed by atoms with Gasteiger partial charge in [0.2, 0.25) is 0 Å². The largest absolute Gasteiger partial charge is 0.377 e. The molecular weight excluding hydrogens is 556 g/mol. The van der Waals surface area contributed by atoms with E-state index in [2.05, 4.69) is 82.6 Å². The molecule has 2 heterocycles. The molecule has 0 radical (unpaired) electrons. The van der Waals surface area contributed by atoms with Crippen molar-refractivity contribution in [1.29, 1.82) is 0 Å². The Bertz CT molecular complexity index is 1340. The molecule has 0 saturated carbocycles. The lowest BCUT2D eigenvalue weighted by atomic mass is 9.97. The van der Waals surface area contributed by atoms with Crippen LogP contribution in [0.3, 0.4) is 0 Å². The summed E-state index contributed by atoms with van der Waals surface area (Å²) >= 11 is 0. The Hall–Kier alpha value is -3.24. The van der Waals surface area contributed by atoms with E-state index in [1.807, 2.05) is 0 Å². The Morgan fingerprint density at radius 3 is 1.07 bits per heavy atom. The first-order valence-corrected chi connectivity index (χ1v) is 15.9. The summed E-state index contributed by atoms with van der Waals surface area (Å²) in [4.78, 5) is 4.78. The smallest absolute Gasteiger partial charge is 0.0701 e. The maximum Gasteiger partial charge on any atom is 0.0701 e. The van der Waals surface area contributed by atoms with Crippen molar-refractivity contribution in [2.24, 2.45) is 0 Å². The number of anilines is 2. The van der Waals surface area contributed by atoms with Gasteiger partial charge < -0.3 is 38.2 Å². The molecule has 0 N–H and O–H groups in total. The van der Waals surface area contributed by atoms with Crippen molar-refractivity contribution in [3.63, 3.8) is 0 Å². The molecule has 2 fully saturated rings. The van der Waals surface area contributed by atoms with Crippen molar-refractivity contribution in [2.45, 2.75) is 0 Å². The second-order valence-electron chi connectivity index (χ2n) is 11.1. The average molecular weight is 601 g/mol. The van der Waals surface area contributed by atoms with Gasteiger partial charge in [-0.15, -0.1) is 0 Å². The second-order valence-corrected chi connectivity index (χ2v) is 11.1. The highest BCUT2D eigenvalue weighted by Gasteiger charge is 2.15. The van der Waals surface area contributed by atoms with Gasteiger partial charge in [-0.3, -0.25) is 0 Å². The van der Waals surface area contributed by atoms with Crippen LogP contribution in [0.5, 0.6) is 0 Å². The maximum absolute atomic E-state index is 5.87. The summed E-state index contributed by atoms with van der Waals surface area (Å²) in [5, 5.41) is 4.91. The van der Waals surface area contributed by atoms with E-state index < -0.39 is 0 Å². The van der Waals surface area contributed by atoms with E-state index in [1.165, 1.54) is 44.0 Å². The number of fused-ring (bicyclic) bond motifs is 2. The average Bonchev–Trinajstić information content (AvgIpc) is 3.04. The topological polar surface area (TPSA) is 61.9 Å². The highest BCUT2D eigenvalue weighted by molar-refractivity contribution is 6.00. The zero-order chi connectivity index (χ0) is 29.8. The summed E-state index contributed by atoms with van der Waals surface area (Å²) < 4.78 is 34.6. The Labute approximate surface area is 260 Å². The highest BCUT2D eigenvalue weighted by atomic mass is 16.5. The molecule has 8 heteroatoms. The van der Waals surface area contributed by atoms with E-state index in [0.717, 1.165) is 26.2 Å². The summed E-state index contributed by atoms with van der Waals surface area (Å²) in [6.45, 7) is 10.6. The molecule has 44 heavy (non-hydrogen) atoms. The van der Waals surface area contributed by atoms with E-state index in [0.29, 0.717) is 79.3 Å². The highest BCUT2D eigenvalue weighted by Crippen LogP contribution is 2.35. The van der Waals surface area contributed by atoms with Crippen molar-refractivity contribution >= 4 is 32.9 Å². The minimum atomic E-state index is 0.600. The fourth-order valence-electron chi connectivity index (χ4n) is 5.91. The first kappa shape index (κ1) is 30.8. The number of rotatable bonds is 3. The van der Waals surface area contributed by atoms with Gasteiger partial charge in [0, 0.05) is 48.3 Å². The Morgan fingerprint density at radius 1 is 0.364 bits per heavy atom. The van der Waals surface area contributed by atoms with Crippen LogP contribution in [-0.4, -0.2) is 105 Å². The third-order valence-electron chi connectivity index (χ3n) is 8.24. The molecule has 0 spiro atoms. The molecule has 2 aliphatic heterocycles. The summed E-state index contributed by atoms with van der Waals surface area (Å²) in [7, 11) is 0. The second kappa shape index (κ2) is 16.2. The number of benzene rings is 4. The Morgan fingerprint density at radius 2 is 0.705 bits per heavy atom. The predicted molar refractivity (Wildman–Crippen MR) is 176 cm³/mol. The van der Waals surface area contributed by atoms with E-state index in [1.54, 1.807) is 0 Å². The fourth-order valence-corrected chi connectivity index (χ4v) is 5.91. The predicted octanol–water partition coefficient (Wildman–Crippen LogP) is 5.40. The standard InChI is InChI=1S/C36H44N2O6/c1-3-29-7-9-31(27-33(29)35(5-1)37-11-15-39-19-23-43-24-20-40-16-12-37)32-10-8-30-4-2-6-36(34(30)28-32)38-13-17-41-21-25-44-26-22-42-18-14-38/h1-10,27-28H,11-26H2. The molecule has 0 atom stereocenters. The van der Waals surface area contributed by atoms with Gasteiger partial charge in [-0.05, 0) is 46.2 Å². The van der Waals surface area contributed by atoms with E-state index in [9.17, 15) is 0 Å². The maximum atomic E-state index is 5.87.